The maximum atomic E-state index is 9.65. The summed E-state index contributed by atoms with van der Waals surface area (Å²) in [6.45, 7) is 9.38. The lowest BCUT2D eigenvalue weighted by atomic mass is 9.60. The Kier molecular flexibility index (Phi) is 6.42. The molecule has 2 aliphatic rings. The molecule has 2 nitrogen and oxygen atoms in total. The second kappa shape index (κ2) is 12.2. The topological polar surface area (TPSA) is 12.5 Å². The molecule has 10 rings (SSSR count). The maximum Gasteiger partial charge on any atom is 0.151 e. The average Bonchev–Trinajstić information content (AvgIpc) is 3.25. The molecule has 0 atom stereocenters. The molecular formula is C52H43NO. The van der Waals surface area contributed by atoms with Gasteiger partial charge in [-0.05, 0) is 126 Å². The van der Waals surface area contributed by atoms with Crippen molar-refractivity contribution in [3.63, 3.8) is 0 Å². The van der Waals surface area contributed by atoms with Gasteiger partial charge in [0.05, 0.1) is 16.9 Å². The third-order valence-corrected chi connectivity index (χ3v) is 11.8. The number of fused-ring (bicyclic) bond motifs is 5. The molecule has 1 aliphatic carbocycles. The quantitative estimate of drug-likeness (QED) is 0.169. The standard InChI is InChI=1S/C52H43NO/c1-51(2)32-33-52(3,4)50-42(51)31-30-41(48(50)34-16-6-5-7-17-34)49-39-20-10-8-18-37(39)47(38-19-9-11-21-40(38)49)35-26-28-36(29-27-35)53-43-22-12-14-24-45(43)54-46-25-15-13-23-44(46)53/h5-31H,32-33H2,1-4H3/i8D,10D,18D,20D. The van der Waals surface area contributed by atoms with Gasteiger partial charge in [-0.1, -0.05) is 155 Å². The van der Waals surface area contributed by atoms with E-state index in [4.69, 9.17) is 7.48 Å². The Morgan fingerprint density at radius 1 is 0.500 bits per heavy atom. The molecule has 0 amide bonds. The molecule has 54 heavy (non-hydrogen) atoms. The predicted molar refractivity (Wildman–Crippen MR) is 228 cm³/mol. The van der Waals surface area contributed by atoms with E-state index in [1.165, 1.54) is 11.1 Å². The van der Waals surface area contributed by atoms with Crippen molar-refractivity contribution >= 4 is 38.6 Å². The molecule has 0 N–H and O–H groups in total. The maximum absolute atomic E-state index is 9.65. The zero-order valence-corrected chi connectivity index (χ0v) is 31.0. The third kappa shape index (κ3) is 5.01. The molecule has 1 heterocycles. The van der Waals surface area contributed by atoms with Crippen LogP contribution in [0.5, 0.6) is 11.5 Å². The van der Waals surface area contributed by atoms with Crippen LogP contribution in [0.1, 0.15) is 57.1 Å². The molecule has 0 saturated carbocycles. The van der Waals surface area contributed by atoms with Gasteiger partial charge >= 0.3 is 0 Å². The first-order chi connectivity index (χ1) is 28.0. The SMILES string of the molecule is [2H]c1c([2H])c([2H])c2c(-c3ccc4c(c3-c3ccccc3)C(C)(C)CCC4(C)C)c3ccccc3c(-c3ccc(N4c5ccccc5Oc5ccccc54)cc3)c2c1[2H]. The van der Waals surface area contributed by atoms with E-state index in [1.807, 2.05) is 54.6 Å². The zero-order valence-electron chi connectivity index (χ0n) is 35.0. The highest BCUT2D eigenvalue weighted by Crippen LogP contribution is 2.55. The van der Waals surface area contributed by atoms with Crippen molar-refractivity contribution in [3.8, 4) is 44.9 Å². The Bertz CT molecular complexity index is 2920. The normalized spacial score (nSPS) is 16.3. The molecule has 0 fully saturated rings. The Hall–Kier alpha value is -6.12. The highest BCUT2D eigenvalue weighted by atomic mass is 16.5. The van der Waals surface area contributed by atoms with E-state index < -0.39 is 0 Å². The second-order valence-corrected chi connectivity index (χ2v) is 16.0. The van der Waals surface area contributed by atoms with Gasteiger partial charge in [0.2, 0.25) is 0 Å². The molecule has 2 heteroatoms. The van der Waals surface area contributed by atoms with Crippen LogP contribution in [0.15, 0.2) is 164 Å². The minimum atomic E-state index is -0.241. The highest BCUT2D eigenvalue weighted by molar-refractivity contribution is 6.22. The van der Waals surface area contributed by atoms with Gasteiger partial charge in [-0.2, -0.15) is 0 Å². The van der Waals surface area contributed by atoms with Gasteiger partial charge in [0.15, 0.2) is 11.5 Å². The molecule has 0 saturated heterocycles. The fourth-order valence-electron chi connectivity index (χ4n) is 9.08. The Morgan fingerprint density at radius 3 is 1.70 bits per heavy atom. The van der Waals surface area contributed by atoms with Crippen molar-refractivity contribution in [3.05, 3.63) is 175 Å². The predicted octanol–water partition coefficient (Wildman–Crippen LogP) is 14.9. The van der Waals surface area contributed by atoms with Crippen LogP contribution in [0.3, 0.4) is 0 Å². The molecule has 8 aromatic rings. The number of ether oxygens (including phenoxy) is 1. The lowest BCUT2D eigenvalue weighted by Crippen LogP contribution is -2.34. The summed E-state index contributed by atoms with van der Waals surface area (Å²) in [5.41, 5.74) is 11.0. The summed E-state index contributed by atoms with van der Waals surface area (Å²) < 4.78 is 43.6. The molecule has 0 unspecified atom stereocenters. The van der Waals surface area contributed by atoms with Crippen molar-refractivity contribution in [2.75, 3.05) is 4.90 Å². The van der Waals surface area contributed by atoms with Gasteiger partial charge in [-0.15, -0.1) is 0 Å². The van der Waals surface area contributed by atoms with Crippen molar-refractivity contribution in [2.24, 2.45) is 0 Å². The molecule has 0 bridgehead atoms. The van der Waals surface area contributed by atoms with E-state index in [9.17, 15) is 2.74 Å². The first kappa shape index (κ1) is 28.4. The van der Waals surface area contributed by atoms with Crippen LogP contribution in [0.2, 0.25) is 0 Å². The number of hydrogen-bond donors (Lipinski definition) is 0. The summed E-state index contributed by atoms with van der Waals surface area (Å²) in [6, 6.07) is 47.2. The zero-order chi connectivity index (χ0) is 40.1. The van der Waals surface area contributed by atoms with Gasteiger partial charge in [0.25, 0.3) is 0 Å². The van der Waals surface area contributed by atoms with E-state index in [0.717, 1.165) is 85.6 Å². The van der Waals surface area contributed by atoms with E-state index >= 15 is 0 Å². The van der Waals surface area contributed by atoms with Gasteiger partial charge in [0.1, 0.15) is 0 Å². The number of nitrogens with zero attached hydrogens (tertiary/aromatic N) is 1. The van der Waals surface area contributed by atoms with Crippen molar-refractivity contribution in [2.45, 2.75) is 51.4 Å². The summed E-state index contributed by atoms with van der Waals surface area (Å²) in [5.74, 6) is 1.55. The molecule has 262 valence electrons. The van der Waals surface area contributed by atoms with E-state index in [2.05, 4.69) is 118 Å². The molecule has 1 aliphatic heterocycles. The van der Waals surface area contributed by atoms with Crippen molar-refractivity contribution in [1.82, 2.24) is 0 Å². The first-order valence-electron chi connectivity index (χ1n) is 20.9. The minimum Gasteiger partial charge on any atom is -0.453 e. The fraction of sp³-hybridized carbons (Fsp3) is 0.154. The molecule has 8 aromatic carbocycles. The Labute approximate surface area is 323 Å². The largest absolute Gasteiger partial charge is 0.453 e. The summed E-state index contributed by atoms with van der Waals surface area (Å²) in [7, 11) is 0. The number of rotatable bonds is 4. The highest BCUT2D eigenvalue weighted by Gasteiger charge is 2.40. The molecular weight excluding hydrogens is 655 g/mol. The summed E-state index contributed by atoms with van der Waals surface area (Å²) >= 11 is 0. The van der Waals surface area contributed by atoms with Crippen LogP contribution in [-0.4, -0.2) is 0 Å². The van der Waals surface area contributed by atoms with Crippen molar-refractivity contribution < 1.29 is 10.2 Å². The number of hydrogen-bond acceptors (Lipinski definition) is 2. The average molecular weight is 702 g/mol. The monoisotopic (exact) mass is 701 g/mol. The van der Waals surface area contributed by atoms with Gasteiger partial charge in [-0.3, -0.25) is 0 Å². The molecule has 0 radical (unpaired) electrons. The van der Waals surface area contributed by atoms with Crippen LogP contribution in [0.4, 0.5) is 17.1 Å². The number of benzene rings is 8. The van der Waals surface area contributed by atoms with Crippen LogP contribution in [-0.2, 0) is 10.8 Å². The van der Waals surface area contributed by atoms with Crippen LogP contribution in [0.25, 0.3) is 54.9 Å². The van der Waals surface area contributed by atoms with Gasteiger partial charge < -0.3 is 9.64 Å². The molecule has 0 spiro atoms. The fourth-order valence-corrected chi connectivity index (χ4v) is 9.08. The van der Waals surface area contributed by atoms with Crippen LogP contribution >= 0.6 is 0 Å². The van der Waals surface area contributed by atoms with Crippen LogP contribution < -0.4 is 9.64 Å². The van der Waals surface area contributed by atoms with Gasteiger partial charge in [-0.25, -0.2) is 0 Å². The summed E-state index contributed by atoms with van der Waals surface area (Å²) in [4.78, 5) is 2.20. The molecule has 0 aromatic heterocycles. The smallest absolute Gasteiger partial charge is 0.151 e. The van der Waals surface area contributed by atoms with E-state index in [0.29, 0.717) is 10.8 Å². The lowest BCUT2D eigenvalue weighted by Gasteiger charge is -2.44. The first-order valence-corrected chi connectivity index (χ1v) is 18.9. The Morgan fingerprint density at radius 2 is 1.04 bits per heavy atom. The Balaban J connectivity index is 1.28. The second-order valence-electron chi connectivity index (χ2n) is 16.0. The third-order valence-electron chi connectivity index (χ3n) is 11.8. The lowest BCUT2D eigenvalue weighted by molar-refractivity contribution is 0.333. The minimum absolute atomic E-state index is 0.0259. The van der Waals surface area contributed by atoms with Crippen molar-refractivity contribution in [1.29, 1.82) is 0 Å². The van der Waals surface area contributed by atoms with E-state index in [1.54, 1.807) is 0 Å². The summed E-state index contributed by atoms with van der Waals surface area (Å²) in [6.07, 6.45) is 2.12. The van der Waals surface area contributed by atoms with Gasteiger partial charge in [0, 0.05) is 5.69 Å². The number of anilines is 3. The van der Waals surface area contributed by atoms with E-state index in [-0.39, 0.29) is 35.0 Å². The number of para-hydroxylation sites is 4. The van der Waals surface area contributed by atoms with Crippen LogP contribution in [0, 0.1) is 0 Å². The summed E-state index contributed by atoms with van der Waals surface area (Å²) in [5, 5.41) is 2.93.